The SMILES string of the molecule is CC(NC(=O)c1ccccc1Cl)C(=O)Nc1ccc(N2CCCC2=O)c(Cl)c1. The Bertz CT molecular complexity index is 933. The third kappa shape index (κ3) is 4.46. The summed E-state index contributed by atoms with van der Waals surface area (Å²) in [7, 11) is 0. The second-order valence-corrected chi connectivity index (χ2v) is 7.29. The third-order valence-corrected chi connectivity index (χ3v) is 5.07. The van der Waals surface area contributed by atoms with Gasteiger partial charge in [0.15, 0.2) is 0 Å². The van der Waals surface area contributed by atoms with Crippen molar-refractivity contribution < 1.29 is 14.4 Å². The molecule has 0 aliphatic carbocycles. The van der Waals surface area contributed by atoms with Gasteiger partial charge in [-0.3, -0.25) is 14.4 Å². The maximum absolute atomic E-state index is 12.4. The average molecular weight is 420 g/mol. The molecule has 1 saturated heterocycles. The zero-order chi connectivity index (χ0) is 20.3. The summed E-state index contributed by atoms with van der Waals surface area (Å²) in [6.07, 6.45) is 1.31. The fourth-order valence-corrected chi connectivity index (χ4v) is 3.45. The Balaban J connectivity index is 1.64. The summed E-state index contributed by atoms with van der Waals surface area (Å²) < 4.78 is 0. The Kier molecular flexibility index (Phi) is 6.21. The minimum absolute atomic E-state index is 0.0367. The zero-order valence-corrected chi connectivity index (χ0v) is 16.7. The van der Waals surface area contributed by atoms with E-state index < -0.39 is 17.9 Å². The summed E-state index contributed by atoms with van der Waals surface area (Å²) in [4.78, 5) is 38.2. The van der Waals surface area contributed by atoms with Crippen LogP contribution in [0.3, 0.4) is 0 Å². The molecular formula is C20H19Cl2N3O3. The molecule has 1 aliphatic rings. The van der Waals surface area contributed by atoms with Gasteiger partial charge in [0.05, 0.1) is 21.3 Å². The van der Waals surface area contributed by atoms with Crippen molar-refractivity contribution in [1.82, 2.24) is 5.32 Å². The number of carbonyl (C=O) groups is 3. The van der Waals surface area contributed by atoms with Crippen LogP contribution in [0.15, 0.2) is 42.5 Å². The summed E-state index contributed by atoms with van der Waals surface area (Å²) in [6, 6.07) is 10.8. The molecule has 1 heterocycles. The normalized spacial score (nSPS) is 14.7. The molecule has 3 rings (SSSR count). The predicted octanol–water partition coefficient (Wildman–Crippen LogP) is 3.88. The molecule has 28 heavy (non-hydrogen) atoms. The van der Waals surface area contributed by atoms with Gasteiger partial charge in [-0.05, 0) is 43.7 Å². The lowest BCUT2D eigenvalue weighted by Crippen LogP contribution is -2.41. The Morgan fingerprint density at radius 3 is 2.50 bits per heavy atom. The Morgan fingerprint density at radius 1 is 1.11 bits per heavy atom. The smallest absolute Gasteiger partial charge is 0.253 e. The van der Waals surface area contributed by atoms with Crippen LogP contribution in [0.1, 0.15) is 30.1 Å². The minimum Gasteiger partial charge on any atom is -0.340 e. The van der Waals surface area contributed by atoms with Crippen LogP contribution in [0.5, 0.6) is 0 Å². The summed E-state index contributed by atoms with van der Waals surface area (Å²) in [5.41, 5.74) is 1.40. The van der Waals surface area contributed by atoms with Crippen molar-refractivity contribution in [2.75, 3.05) is 16.8 Å². The van der Waals surface area contributed by atoms with Crippen molar-refractivity contribution in [2.24, 2.45) is 0 Å². The van der Waals surface area contributed by atoms with Gasteiger partial charge < -0.3 is 15.5 Å². The van der Waals surface area contributed by atoms with Crippen molar-refractivity contribution in [3.8, 4) is 0 Å². The first-order valence-corrected chi connectivity index (χ1v) is 9.58. The standard InChI is InChI=1S/C20H19Cl2N3O3/c1-12(23-20(28)14-5-2-3-6-15(14)21)19(27)24-13-8-9-17(16(22)11-13)25-10-4-7-18(25)26/h2-3,5-6,8-9,11-12H,4,7,10H2,1H3,(H,23,28)(H,24,27). The molecule has 0 aromatic heterocycles. The highest BCUT2D eigenvalue weighted by Crippen LogP contribution is 2.31. The van der Waals surface area contributed by atoms with Gasteiger partial charge in [0.25, 0.3) is 5.91 Å². The van der Waals surface area contributed by atoms with Crippen LogP contribution in [0, 0.1) is 0 Å². The number of nitrogens with zero attached hydrogens (tertiary/aromatic N) is 1. The van der Waals surface area contributed by atoms with E-state index in [1.165, 1.54) is 0 Å². The van der Waals surface area contributed by atoms with Crippen molar-refractivity contribution in [1.29, 1.82) is 0 Å². The van der Waals surface area contributed by atoms with E-state index in [0.717, 1.165) is 6.42 Å². The molecule has 1 fully saturated rings. The monoisotopic (exact) mass is 419 g/mol. The van der Waals surface area contributed by atoms with E-state index >= 15 is 0 Å². The number of amides is 3. The van der Waals surface area contributed by atoms with Crippen LogP contribution >= 0.6 is 23.2 Å². The number of carbonyl (C=O) groups excluding carboxylic acids is 3. The number of halogens is 2. The van der Waals surface area contributed by atoms with Crippen LogP contribution in [-0.4, -0.2) is 30.3 Å². The molecule has 1 aliphatic heterocycles. The highest BCUT2D eigenvalue weighted by atomic mass is 35.5. The number of nitrogens with one attached hydrogen (secondary N) is 2. The van der Waals surface area contributed by atoms with E-state index in [1.54, 1.807) is 54.3 Å². The van der Waals surface area contributed by atoms with Crippen LogP contribution in [0.25, 0.3) is 0 Å². The van der Waals surface area contributed by atoms with E-state index in [9.17, 15) is 14.4 Å². The van der Waals surface area contributed by atoms with Crippen molar-refractivity contribution >= 4 is 52.3 Å². The Labute approximate surface area is 172 Å². The fraction of sp³-hybridized carbons (Fsp3) is 0.250. The van der Waals surface area contributed by atoms with Gasteiger partial charge in [0.1, 0.15) is 6.04 Å². The lowest BCUT2D eigenvalue weighted by molar-refractivity contribution is -0.118. The molecule has 1 unspecified atom stereocenters. The molecule has 0 bridgehead atoms. The van der Waals surface area contributed by atoms with E-state index in [1.807, 2.05) is 0 Å². The van der Waals surface area contributed by atoms with Crippen molar-refractivity contribution in [3.63, 3.8) is 0 Å². The third-order valence-electron chi connectivity index (χ3n) is 4.44. The summed E-state index contributed by atoms with van der Waals surface area (Å²) in [5.74, 6) is -0.801. The molecule has 0 radical (unpaired) electrons. The maximum Gasteiger partial charge on any atom is 0.253 e. The lowest BCUT2D eigenvalue weighted by atomic mass is 10.2. The topological polar surface area (TPSA) is 78.5 Å². The van der Waals surface area contributed by atoms with E-state index in [4.69, 9.17) is 23.2 Å². The quantitative estimate of drug-likeness (QED) is 0.771. The molecule has 0 spiro atoms. The number of anilines is 2. The second kappa shape index (κ2) is 8.63. The van der Waals surface area contributed by atoms with E-state index in [2.05, 4.69) is 10.6 Å². The molecule has 8 heteroatoms. The average Bonchev–Trinajstić information content (AvgIpc) is 3.07. The van der Waals surface area contributed by atoms with E-state index in [0.29, 0.717) is 39.9 Å². The molecule has 0 saturated carbocycles. The fourth-order valence-electron chi connectivity index (χ4n) is 2.94. The highest BCUT2D eigenvalue weighted by Gasteiger charge is 2.24. The Hall–Kier alpha value is -2.57. The molecule has 3 amide bonds. The highest BCUT2D eigenvalue weighted by molar-refractivity contribution is 6.34. The van der Waals surface area contributed by atoms with Crippen LogP contribution < -0.4 is 15.5 Å². The lowest BCUT2D eigenvalue weighted by Gasteiger charge is -2.19. The molecule has 1 atom stereocenters. The van der Waals surface area contributed by atoms with Gasteiger partial charge in [-0.15, -0.1) is 0 Å². The number of rotatable bonds is 5. The first kappa shape index (κ1) is 20.2. The van der Waals surface area contributed by atoms with Gasteiger partial charge in [-0.25, -0.2) is 0 Å². The van der Waals surface area contributed by atoms with Gasteiger partial charge in [-0.2, -0.15) is 0 Å². The predicted molar refractivity (Wildman–Crippen MR) is 110 cm³/mol. The van der Waals surface area contributed by atoms with E-state index in [-0.39, 0.29) is 5.91 Å². The molecule has 146 valence electrons. The largest absolute Gasteiger partial charge is 0.340 e. The minimum atomic E-state index is -0.789. The van der Waals surface area contributed by atoms with Gasteiger partial charge >= 0.3 is 0 Å². The molecular weight excluding hydrogens is 401 g/mol. The summed E-state index contributed by atoms with van der Waals surface area (Å²) in [5, 5.41) is 6.01. The molecule has 6 nitrogen and oxygen atoms in total. The molecule has 2 N–H and O–H groups in total. The number of hydrogen-bond donors (Lipinski definition) is 2. The Morgan fingerprint density at radius 2 is 1.86 bits per heavy atom. The van der Waals surface area contributed by atoms with Crippen LogP contribution in [-0.2, 0) is 9.59 Å². The summed E-state index contributed by atoms with van der Waals surface area (Å²) >= 11 is 12.3. The van der Waals surface area contributed by atoms with Crippen LogP contribution in [0.4, 0.5) is 11.4 Å². The van der Waals surface area contributed by atoms with Crippen LogP contribution in [0.2, 0.25) is 10.0 Å². The van der Waals surface area contributed by atoms with Crippen molar-refractivity contribution in [3.05, 3.63) is 58.1 Å². The van der Waals surface area contributed by atoms with Crippen molar-refractivity contribution in [2.45, 2.75) is 25.8 Å². The first-order chi connectivity index (χ1) is 13.4. The number of benzene rings is 2. The second-order valence-electron chi connectivity index (χ2n) is 6.48. The number of hydrogen-bond acceptors (Lipinski definition) is 3. The van der Waals surface area contributed by atoms with Gasteiger partial charge in [0.2, 0.25) is 11.8 Å². The van der Waals surface area contributed by atoms with Gasteiger partial charge in [-0.1, -0.05) is 35.3 Å². The molecule has 2 aromatic rings. The summed E-state index contributed by atoms with van der Waals surface area (Å²) in [6.45, 7) is 2.21. The molecule has 2 aromatic carbocycles. The first-order valence-electron chi connectivity index (χ1n) is 8.83. The maximum atomic E-state index is 12.4. The van der Waals surface area contributed by atoms with Gasteiger partial charge in [0, 0.05) is 18.7 Å². The zero-order valence-electron chi connectivity index (χ0n) is 15.2.